The summed E-state index contributed by atoms with van der Waals surface area (Å²) in [6.07, 6.45) is 1.57. The normalized spacial score (nSPS) is 19.4. The van der Waals surface area contributed by atoms with E-state index in [-0.39, 0.29) is 23.3 Å². The van der Waals surface area contributed by atoms with Gasteiger partial charge in [0, 0.05) is 5.56 Å². The molecule has 8 nitrogen and oxygen atoms in total. The number of aromatic hydroxyl groups is 1. The number of amides is 2. The summed E-state index contributed by atoms with van der Waals surface area (Å²) in [6.45, 7) is 3.58. The smallest absolute Gasteiger partial charge is 0.282 e. The van der Waals surface area contributed by atoms with Crippen LogP contribution >= 0.6 is 11.8 Å². The van der Waals surface area contributed by atoms with Crippen molar-refractivity contribution >= 4 is 52.1 Å². The summed E-state index contributed by atoms with van der Waals surface area (Å²) in [4.78, 5) is 30.0. The van der Waals surface area contributed by atoms with E-state index in [4.69, 9.17) is 0 Å². The highest BCUT2D eigenvalue weighted by Gasteiger charge is 2.29. The molecular formula is C22H19N5O3S. The number of carbonyl (C=O) groups is 2. The molecule has 2 aliphatic heterocycles. The molecule has 1 saturated heterocycles. The third-order valence-electron chi connectivity index (χ3n) is 4.68. The molecular weight excluding hydrogens is 414 g/mol. The summed E-state index contributed by atoms with van der Waals surface area (Å²) in [5.41, 5.74) is 2.98. The van der Waals surface area contributed by atoms with Crippen LogP contribution in [-0.2, 0) is 9.59 Å². The van der Waals surface area contributed by atoms with E-state index in [2.05, 4.69) is 20.5 Å². The first kappa shape index (κ1) is 20.5. The molecule has 9 heteroatoms. The molecule has 0 unspecified atom stereocenters. The van der Waals surface area contributed by atoms with E-state index in [0.717, 1.165) is 5.56 Å². The second-order valence-corrected chi connectivity index (χ2v) is 7.83. The van der Waals surface area contributed by atoms with E-state index in [1.807, 2.05) is 31.2 Å². The van der Waals surface area contributed by atoms with Gasteiger partial charge in [0.05, 0.1) is 17.2 Å². The molecule has 31 heavy (non-hydrogen) atoms. The van der Waals surface area contributed by atoms with Gasteiger partial charge in [0.2, 0.25) is 5.91 Å². The van der Waals surface area contributed by atoms with Gasteiger partial charge in [-0.3, -0.25) is 14.5 Å². The van der Waals surface area contributed by atoms with Crippen LogP contribution in [0.2, 0.25) is 0 Å². The number of thioether (sulfide) groups is 1. The van der Waals surface area contributed by atoms with E-state index in [1.54, 1.807) is 37.3 Å². The fourth-order valence-electron chi connectivity index (χ4n) is 3.10. The molecule has 2 N–H and O–H groups in total. The molecule has 0 radical (unpaired) electrons. The lowest BCUT2D eigenvalue weighted by Gasteiger charge is -2.16. The highest BCUT2D eigenvalue weighted by Crippen LogP contribution is 2.27. The topological polar surface area (TPSA) is 107 Å². The van der Waals surface area contributed by atoms with Crippen LogP contribution in [0.1, 0.15) is 25.0 Å². The van der Waals surface area contributed by atoms with Crippen LogP contribution in [0.25, 0.3) is 6.08 Å². The molecule has 2 aromatic carbocycles. The van der Waals surface area contributed by atoms with Gasteiger partial charge in [0.25, 0.3) is 5.91 Å². The van der Waals surface area contributed by atoms with Gasteiger partial charge in [-0.2, -0.15) is 5.10 Å². The molecule has 0 spiro atoms. The molecule has 0 aliphatic carbocycles. The van der Waals surface area contributed by atoms with Gasteiger partial charge in [-0.15, -0.1) is 5.10 Å². The van der Waals surface area contributed by atoms with Crippen LogP contribution < -0.4 is 10.2 Å². The summed E-state index contributed by atoms with van der Waals surface area (Å²) in [5.74, 6) is 0.647. The SMILES string of the molecule is CC1=N/C(=C\c2ccccc2O)C(=O)N1c1ccc(/C(C)=N/N=C2/NC(=O)CS2)cc1. The number of phenols is 1. The van der Waals surface area contributed by atoms with Gasteiger partial charge < -0.3 is 10.4 Å². The second kappa shape index (κ2) is 8.57. The Morgan fingerprint density at radius 2 is 1.94 bits per heavy atom. The molecule has 156 valence electrons. The molecule has 0 atom stereocenters. The van der Waals surface area contributed by atoms with Gasteiger partial charge >= 0.3 is 0 Å². The lowest BCUT2D eigenvalue weighted by atomic mass is 10.1. The average molecular weight is 433 g/mol. The van der Waals surface area contributed by atoms with Crippen LogP contribution in [0.5, 0.6) is 5.75 Å². The number of rotatable bonds is 4. The van der Waals surface area contributed by atoms with Crippen molar-refractivity contribution in [1.82, 2.24) is 5.32 Å². The number of hydrogen-bond acceptors (Lipinski definition) is 7. The second-order valence-electron chi connectivity index (χ2n) is 6.86. The molecule has 0 aromatic heterocycles. The van der Waals surface area contributed by atoms with Crippen molar-refractivity contribution in [3.05, 3.63) is 65.4 Å². The van der Waals surface area contributed by atoms with Gasteiger partial charge in [0.15, 0.2) is 5.17 Å². The first-order chi connectivity index (χ1) is 14.9. The lowest BCUT2D eigenvalue weighted by Crippen LogP contribution is -2.30. The zero-order chi connectivity index (χ0) is 22.0. The van der Waals surface area contributed by atoms with Crippen LogP contribution in [-0.4, -0.2) is 39.4 Å². The first-order valence-electron chi connectivity index (χ1n) is 9.47. The minimum atomic E-state index is -0.265. The molecule has 1 fully saturated rings. The van der Waals surface area contributed by atoms with E-state index in [1.165, 1.54) is 16.7 Å². The number of hydrogen-bond donors (Lipinski definition) is 2. The molecule has 2 aromatic rings. The number of aliphatic imine (C=N–C) groups is 1. The Morgan fingerprint density at radius 3 is 2.61 bits per heavy atom. The first-order valence-corrected chi connectivity index (χ1v) is 10.5. The maximum Gasteiger partial charge on any atom is 0.282 e. The highest BCUT2D eigenvalue weighted by molar-refractivity contribution is 8.15. The maximum atomic E-state index is 12.9. The Kier molecular flexibility index (Phi) is 5.68. The molecule has 2 aliphatic rings. The third-order valence-corrected chi connectivity index (χ3v) is 5.54. The van der Waals surface area contributed by atoms with Crippen molar-refractivity contribution < 1.29 is 14.7 Å². The Bertz CT molecular complexity index is 1180. The predicted molar refractivity (Wildman–Crippen MR) is 123 cm³/mol. The van der Waals surface area contributed by atoms with Gasteiger partial charge in [-0.05, 0) is 43.7 Å². The van der Waals surface area contributed by atoms with Crippen LogP contribution in [0.3, 0.4) is 0 Å². The van der Waals surface area contributed by atoms with Crippen molar-refractivity contribution in [1.29, 1.82) is 0 Å². The van der Waals surface area contributed by atoms with E-state index < -0.39 is 0 Å². The van der Waals surface area contributed by atoms with Crippen LogP contribution in [0.15, 0.2) is 69.4 Å². The van der Waals surface area contributed by atoms with Gasteiger partial charge in [0.1, 0.15) is 17.3 Å². The molecule has 4 rings (SSSR count). The fourth-order valence-corrected chi connectivity index (χ4v) is 3.72. The average Bonchev–Trinajstić information content (AvgIpc) is 3.30. The summed E-state index contributed by atoms with van der Waals surface area (Å²) >= 11 is 1.31. The monoisotopic (exact) mass is 433 g/mol. The Balaban J connectivity index is 1.53. The Hall–Kier alpha value is -3.72. The van der Waals surface area contributed by atoms with E-state index in [9.17, 15) is 14.7 Å². The quantitative estimate of drug-likeness (QED) is 0.439. The third kappa shape index (κ3) is 4.41. The van der Waals surface area contributed by atoms with Crippen molar-refractivity contribution in [2.45, 2.75) is 13.8 Å². The number of benzene rings is 2. The summed E-state index contributed by atoms with van der Waals surface area (Å²) < 4.78 is 0. The number of para-hydroxylation sites is 1. The van der Waals surface area contributed by atoms with E-state index >= 15 is 0 Å². The van der Waals surface area contributed by atoms with Crippen molar-refractivity contribution in [3.8, 4) is 5.75 Å². The van der Waals surface area contributed by atoms with Crippen molar-refractivity contribution in [2.75, 3.05) is 10.7 Å². The molecule has 0 bridgehead atoms. The molecule has 2 heterocycles. The van der Waals surface area contributed by atoms with Crippen molar-refractivity contribution in [3.63, 3.8) is 0 Å². The molecule has 2 amide bonds. The van der Waals surface area contributed by atoms with Gasteiger partial charge in [-0.25, -0.2) is 4.99 Å². The maximum absolute atomic E-state index is 12.9. The highest BCUT2D eigenvalue weighted by atomic mass is 32.2. The van der Waals surface area contributed by atoms with Gasteiger partial charge in [-0.1, -0.05) is 42.1 Å². The summed E-state index contributed by atoms with van der Waals surface area (Å²) in [6, 6.07) is 14.1. The van der Waals surface area contributed by atoms with Crippen LogP contribution in [0.4, 0.5) is 5.69 Å². The summed E-state index contributed by atoms with van der Waals surface area (Å²) in [7, 11) is 0. The lowest BCUT2D eigenvalue weighted by molar-refractivity contribution is -0.117. The van der Waals surface area contributed by atoms with E-state index in [0.29, 0.717) is 33.7 Å². The number of nitrogens with zero attached hydrogens (tertiary/aromatic N) is 4. The largest absolute Gasteiger partial charge is 0.507 e. The van der Waals surface area contributed by atoms with Crippen molar-refractivity contribution in [2.24, 2.45) is 15.2 Å². The molecule has 0 saturated carbocycles. The number of anilines is 1. The fraction of sp³-hybridized carbons (Fsp3) is 0.136. The Labute approximate surface area is 183 Å². The zero-order valence-corrected chi connectivity index (χ0v) is 17.7. The number of carbonyl (C=O) groups excluding carboxylic acids is 2. The van der Waals surface area contributed by atoms with Crippen LogP contribution in [0, 0.1) is 0 Å². The number of phenolic OH excluding ortho intramolecular Hbond substituents is 1. The number of nitrogens with one attached hydrogen (secondary N) is 1. The minimum Gasteiger partial charge on any atom is -0.507 e. The predicted octanol–water partition coefficient (Wildman–Crippen LogP) is 3.14. The summed E-state index contributed by atoms with van der Waals surface area (Å²) in [5, 5.41) is 21.3. The zero-order valence-electron chi connectivity index (χ0n) is 16.9. The Morgan fingerprint density at radius 1 is 1.19 bits per heavy atom. The number of amidine groups is 2. The standard InChI is InChI=1S/C22H19N5O3S/c1-13(25-26-22-24-20(29)12-31-22)15-7-9-17(10-8-15)27-14(2)23-18(21(27)30)11-16-5-3-4-6-19(16)28/h3-11,28H,12H2,1-2H3,(H,24,26,29)/b18-11-,25-13+. The minimum absolute atomic E-state index is 0.0795.